The maximum absolute atomic E-state index is 11.6. The van der Waals surface area contributed by atoms with Crippen LogP contribution in [0.5, 0.6) is 0 Å². The normalized spacial score (nSPS) is 11.9. The average Bonchev–Trinajstić information content (AvgIpc) is 2.29. The first-order chi connectivity index (χ1) is 8.25. The second-order valence-electron chi connectivity index (χ2n) is 4.07. The van der Waals surface area contributed by atoms with Crippen molar-refractivity contribution in [3.05, 3.63) is 26.7 Å². The Hall–Kier alpha value is 0.0300. The van der Waals surface area contributed by atoms with E-state index in [1.165, 1.54) is 0 Å². The molecule has 0 fully saturated rings. The van der Waals surface area contributed by atoms with Crippen LogP contribution in [0.4, 0.5) is 5.69 Å². The van der Waals surface area contributed by atoms with Gasteiger partial charge in [0.2, 0.25) is 0 Å². The van der Waals surface area contributed by atoms with E-state index in [2.05, 4.69) is 21.2 Å². The van der Waals surface area contributed by atoms with E-state index in [1.54, 1.807) is 26.0 Å². The van der Waals surface area contributed by atoms with Gasteiger partial charge >= 0.3 is 0 Å². The van der Waals surface area contributed by atoms with Crippen LogP contribution in [0.3, 0.4) is 0 Å². The summed E-state index contributed by atoms with van der Waals surface area (Å²) in [6, 6.07) is 3.51. The molecule has 0 saturated heterocycles. The molecule has 1 aromatic carbocycles. The number of anilines is 1. The zero-order chi connectivity index (χ0) is 13.9. The van der Waals surface area contributed by atoms with E-state index in [0.29, 0.717) is 26.8 Å². The summed E-state index contributed by atoms with van der Waals surface area (Å²) in [4.78, 5) is 0. The fourth-order valence-electron chi connectivity index (χ4n) is 1.23. The highest BCUT2D eigenvalue weighted by Crippen LogP contribution is 2.35. The maximum atomic E-state index is 11.6. The van der Waals surface area contributed by atoms with Crippen molar-refractivity contribution >= 4 is 54.7 Å². The summed E-state index contributed by atoms with van der Waals surface area (Å²) in [6.45, 7) is 3.63. The van der Waals surface area contributed by atoms with Crippen LogP contribution in [-0.4, -0.2) is 26.0 Å². The number of benzene rings is 1. The highest BCUT2D eigenvalue weighted by molar-refractivity contribution is 9.10. The third kappa shape index (κ3) is 4.02. The molecule has 0 radical (unpaired) electrons. The predicted molar refractivity (Wildman–Crippen MR) is 81.6 cm³/mol. The monoisotopic (exact) mass is 373 g/mol. The molecule has 18 heavy (non-hydrogen) atoms. The molecule has 0 aliphatic heterocycles. The summed E-state index contributed by atoms with van der Waals surface area (Å²) < 4.78 is 23.9. The van der Waals surface area contributed by atoms with E-state index in [0.717, 1.165) is 0 Å². The van der Waals surface area contributed by atoms with Crippen LogP contribution in [0, 0.1) is 0 Å². The predicted octanol–water partition coefficient (Wildman–Crippen LogP) is 3.99. The zero-order valence-electron chi connectivity index (χ0n) is 10.0. The SMILES string of the molecule is CC(C)S(=O)(=O)CCNc1ccc(Br)c(Cl)c1Cl. The molecule has 3 nitrogen and oxygen atoms in total. The van der Waals surface area contributed by atoms with E-state index < -0.39 is 9.84 Å². The molecular formula is C11H14BrCl2NO2S. The smallest absolute Gasteiger partial charge is 0.154 e. The Morgan fingerprint density at radius 2 is 1.89 bits per heavy atom. The number of nitrogens with one attached hydrogen (secondary N) is 1. The van der Waals surface area contributed by atoms with Gasteiger partial charge in [0.05, 0.1) is 26.7 Å². The Balaban J connectivity index is 2.69. The Morgan fingerprint density at radius 1 is 1.28 bits per heavy atom. The van der Waals surface area contributed by atoms with Gasteiger partial charge in [-0.15, -0.1) is 0 Å². The average molecular weight is 375 g/mol. The van der Waals surface area contributed by atoms with Gasteiger partial charge in [-0.2, -0.15) is 0 Å². The minimum atomic E-state index is -3.05. The minimum Gasteiger partial charge on any atom is -0.383 e. The maximum Gasteiger partial charge on any atom is 0.154 e. The second-order valence-corrected chi connectivity index (χ2v) is 8.35. The van der Waals surface area contributed by atoms with Crippen LogP contribution < -0.4 is 5.32 Å². The Bertz CT molecular complexity index is 532. The highest BCUT2D eigenvalue weighted by Gasteiger charge is 2.16. The Morgan fingerprint density at radius 3 is 2.44 bits per heavy atom. The molecular weight excluding hydrogens is 361 g/mol. The van der Waals surface area contributed by atoms with Gasteiger partial charge in [0.25, 0.3) is 0 Å². The molecule has 7 heteroatoms. The molecule has 0 spiro atoms. The molecule has 0 heterocycles. The molecule has 1 aromatic rings. The lowest BCUT2D eigenvalue weighted by atomic mass is 10.3. The minimum absolute atomic E-state index is 0.0642. The Kier molecular flexibility index (Phi) is 5.77. The number of hydrogen-bond acceptors (Lipinski definition) is 3. The van der Waals surface area contributed by atoms with E-state index in [9.17, 15) is 8.42 Å². The largest absolute Gasteiger partial charge is 0.383 e. The van der Waals surface area contributed by atoms with Crippen LogP contribution in [0.2, 0.25) is 10.0 Å². The first-order valence-corrected chi connectivity index (χ1v) is 8.61. The van der Waals surface area contributed by atoms with E-state index >= 15 is 0 Å². The summed E-state index contributed by atoms with van der Waals surface area (Å²) in [7, 11) is -3.05. The van der Waals surface area contributed by atoms with Crippen molar-refractivity contribution in [1.82, 2.24) is 0 Å². The summed E-state index contributed by atoms with van der Waals surface area (Å²) in [5.74, 6) is 0.0642. The van der Waals surface area contributed by atoms with Crippen molar-refractivity contribution in [2.24, 2.45) is 0 Å². The topological polar surface area (TPSA) is 46.2 Å². The van der Waals surface area contributed by atoms with Gasteiger partial charge in [0.15, 0.2) is 9.84 Å². The molecule has 0 unspecified atom stereocenters. The van der Waals surface area contributed by atoms with Crippen molar-refractivity contribution in [3.8, 4) is 0 Å². The van der Waals surface area contributed by atoms with Crippen LogP contribution >= 0.6 is 39.1 Å². The van der Waals surface area contributed by atoms with E-state index in [1.807, 2.05) is 0 Å². The zero-order valence-corrected chi connectivity index (χ0v) is 13.9. The summed E-state index contributed by atoms with van der Waals surface area (Å²) in [5, 5.41) is 3.40. The van der Waals surface area contributed by atoms with Gasteiger partial charge in [0.1, 0.15) is 0 Å². The number of sulfone groups is 1. The van der Waals surface area contributed by atoms with Crippen LogP contribution in [0.15, 0.2) is 16.6 Å². The molecule has 0 atom stereocenters. The van der Waals surface area contributed by atoms with Crippen LogP contribution in [0.1, 0.15) is 13.8 Å². The quantitative estimate of drug-likeness (QED) is 0.792. The molecule has 0 amide bonds. The lowest BCUT2D eigenvalue weighted by molar-refractivity contribution is 0.588. The van der Waals surface area contributed by atoms with E-state index in [-0.39, 0.29) is 11.0 Å². The van der Waals surface area contributed by atoms with Crippen molar-refractivity contribution in [2.45, 2.75) is 19.1 Å². The van der Waals surface area contributed by atoms with Gasteiger partial charge in [0, 0.05) is 11.0 Å². The molecule has 0 bridgehead atoms. The van der Waals surface area contributed by atoms with E-state index in [4.69, 9.17) is 23.2 Å². The van der Waals surface area contributed by atoms with Gasteiger partial charge in [-0.25, -0.2) is 8.42 Å². The highest BCUT2D eigenvalue weighted by atomic mass is 79.9. The van der Waals surface area contributed by atoms with Crippen LogP contribution in [0.25, 0.3) is 0 Å². The fourth-order valence-corrected chi connectivity index (χ4v) is 2.93. The molecule has 0 aliphatic carbocycles. The second kappa shape index (κ2) is 6.46. The lowest BCUT2D eigenvalue weighted by Crippen LogP contribution is -2.23. The van der Waals surface area contributed by atoms with Gasteiger partial charge in [-0.1, -0.05) is 23.2 Å². The van der Waals surface area contributed by atoms with Gasteiger partial charge in [-0.05, 0) is 41.9 Å². The van der Waals surface area contributed by atoms with Crippen molar-refractivity contribution in [2.75, 3.05) is 17.6 Å². The van der Waals surface area contributed by atoms with Crippen LogP contribution in [-0.2, 0) is 9.84 Å². The fraction of sp³-hybridized carbons (Fsp3) is 0.455. The first kappa shape index (κ1) is 16.1. The molecule has 0 saturated carbocycles. The first-order valence-electron chi connectivity index (χ1n) is 5.34. The van der Waals surface area contributed by atoms with Crippen molar-refractivity contribution < 1.29 is 8.42 Å². The summed E-state index contributed by atoms with van der Waals surface area (Å²) >= 11 is 15.3. The summed E-state index contributed by atoms with van der Waals surface area (Å²) in [6.07, 6.45) is 0. The third-order valence-corrected chi connectivity index (χ3v) is 6.44. The Labute approximate surface area is 126 Å². The number of rotatable bonds is 5. The van der Waals surface area contributed by atoms with Gasteiger partial charge < -0.3 is 5.32 Å². The van der Waals surface area contributed by atoms with Crippen molar-refractivity contribution in [1.29, 1.82) is 0 Å². The molecule has 0 aromatic heterocycles. The number of halogens is 3. The molecule has 1 rings (SSSR count). The summed E-state index contributed by atoms with van der Waals surface area (Å²) in [5.41, 5.74) is 0.629. The number of hydrogen-bond donors (Lipinski definition) is 1. The molecule has 0 aliphatic rings. The van der Waals surface area contributed by atoms with Crippen molar-refractivity contribution in [3.63, 3.8) is 0 Å². The molecule has 1 N–H and O–H groups in total. The van der Waals surface area contributed by atoms with Gasteiger partial charge in [-0.3, -0.25) is 0 Å². The molecule has 102 valence electrons. The lowest BCUT2D eigenvalue weighted by Gasteiger charge is -2.12. The standard InChI is InChI=1S/C11H14BrCl2NO2S/c1-7(2)18(16,17)6-5-15-9-4-3-8(12)10(13)11(9)14/h3-4,7,15H,5-6H2,1-2H3. The third-order valence-electron chi connectivity index (χ3n) is 2.46.